The van der Waals surface area contributed by atoms with Crippen LogP contribution in [0, 0.1) is 18.8 Å². The van der Waals surface area contributed by atoms with Crippen molar-refractivity contribution in [2.24, 2.45) is 11.8 Å². The fraction of sp³-hybridized carbons (Fsp3) is 0.667. The summed E-state index contributed by atoms with van der Waals surface area (Å²) in [4.78, 5) is 0. The van der Waals surface area contributed by atoms with Crippen LogP contribution in [0.5, 0.6) is 0 Å². The molecule has 0 saturated heterocycles. The van der Waals surface area contributed by atoms with Crippen molar-refractivity contribution in [1.82, 2.24) is 0 Å². The van der Waals surface area contributed by atoms with Crippen LogP contribution in [-0.4, -0.2) is 0 Å². The maximum Gasteiger partial charge on any atom is 1.00 e. The summed E-state index contributed by atoms with van der Waals surface area (Å²) in [5.74, 6) is 1.38. The predicted molar refractivity (Wildman–Crippen MR) is 41.0 cm³/mol. The zero-order chi connectivity index (χ0) is 6.85. The van der Waals surface area contributed by atoms with E-state index in [0.29, 0.717) is 5.92 Å². The molecule has 0 amide bonds. The number of rotatable bonds is 1. The summed E-state index contributed by atoms with van der Waals surface area (Å²) >= 11 is 0. The molecule has 0 aliphatic heterocycles. The van der Waals surface area contributed by atoms with Crippen LogP contribution < -0.4 is 18.9 Å². The fourth-order valence-corrected chi connectivity index (χ4v) is 1.69. The van der Waals surface area contributed by atoms with E-state index in [2.05, 4.69) is 20.4 Å². The van der Waals surface area contributed by atoms with Crippen LogP contribution in [0.3, 0.4) is 0 Å². The average molecular weight is 130 g/mol. The summed E-state index contributed by atoms with van der Waals surface area (Å²) in [6, 6.07) is 0. The van der Waals surface area contributed by atoms with E-state index in [-0.39, 0.29) is 18.9 Å². The molecule has 1 heteroatoms. The van der Waals surface area contributed by atoms with Crippen molar-refractivity contribution in [1.29, 1.82) is 0 Å². The topological polar surface area (TPSA) is 0 Å². The van der Waals surface area contributed by atoms with Gasteiger partial charge in [-0.2, -0.15) is 5.92 Å². The average Bonchev–Trinajstić information content (AvgIpc) is 2.13. The van der Waals surface area contributed by atoms with Gasteiger partial charge in [-0.05, 0) is 19.3 Å². The van der Waals surface area contributed by atoms with Crippen molar-refractivity contribution in [3.8, 4) is 0 Å². The number of hydrogen-bond acceptors (Lipinski definition) is 0. The summed E-state index contributed by atoms with van der Waals surface area (Å²) in [6.07, 6.45) is 3.98. The van der Waals surface area contributed by atoms with Gasteiger partial charge in [0.05, 0.1) is 0 Å². The van der Waals surface area contributed by atoms with E-state index in [1.807, 2.05) is 0 Å². The Labute approximate surface area is 76.3 Å². The van der Waals surface area contributed by atoms with Crippen LogP contribution >= 0.6 is 0 Å². The van der Waals surface area contributed by atoms with E-state index in [4.69, 9.17) is 0 Å². The van der Waals surface area contributed by atoms with Gasteiger partial charge in [0.15, 0.2) is 0 Å². The minimum atomic E-state index is 0. The molecule has 1 aliphatic carbocycles. The maximum absolute atomic E-state index is 4.08. The Morgan fingerprint density at radius 3 is 2.30 bits per heavy atom. The molecule has 0 bridgehead atoms. The molecule has 0 unspecified atom stereocenters. The van der Waals surface area contributed by atoms with Gasteiger partial charge in [-0.1, -0.05) is 25.0 Å². The normalized spacial score (nSPS) is 31.4. The molecule has 1 rings (SSSR count). The standard InChI is InChI=1S/C9H15.Li/c1-7(2)9-6-4-5-8(9)3;/h8-9H,1,3-6H2,2H3;/q-1;+1/t8-,9+;/m1./s1. The third kappa shape index (κ3) is 2.18. The summed E-state index contributed by atoms with van der Waals surface area (Å²) in [6.45, 7) is 10.1. The molecule has 0 heterocycles. The Morgan fingerprint density at radius 2 is 2.10 bits per heavy atom. The smallest absolute Gasteiger partial charge is 0.340 e. The van der Waals surface area contributed by atoms with Crippen molar-refractivity contribution in [2.45, 2.75) is 26.2 Å². The molecule has 1 saturated carbocycles. The maximum atomic E-state index is 4.08. The summed E-state index contributed by atoms with van der Waals surface area (Å²) in [5, 5.41) is 0. The molecule has 10 heavy (non-hydrogen) atoms. The molecule has 0 radical (unpaired) electrons. The fourth-order valence-electron chi connectivity index (χ4n) is 1.69. The first-order valence-corrected chi connectivity index (χ1v) is 3.70. The van der Waals surface area contributed by atoms with E-state index < -0.39 is 0 Å². The molecule has 2 atom stereocenters. The third-order valence-electron chi connectivity index (χ3n) is 2.29. The van der Waals surface area contributed by atoms with Gasteiger partial charge in [0.2, 0.25) is 0 Å². The Kier molecular flexibility index (Phi) is 4.41. The van der Waals surface area contributed by atoms with Crippen molar-refractivity contribution in [2.75, 3.05) is 0 Å². The van der Waals surface area contributed by atoms with Gasteiger partial charge in [-0.3, -0.25) is 0 Å². The Hall–Kier alpha value is 0.337. The largest absolute Gasteiger partial charge is 1.00 e. The molecule has 0 aromatic carbocycles. The minimum absolute atomic E-state index is 0. The summed E-state index contributed by atoms with van der Waals surface area (Å²) in [7, 11) is 0. The molecule has 0 spiro atoms. The first-order chi connectivity index (χ1) is 4.22. The molecule has 1 fully saturated rings. The summed E-state index contributed by atoms with van der Waals surface area (Å²) in [5.41, 5.74) is 1.33. The van der Waals surface area contributed by atoms with Crippen molar-refractivity contribution in [3.05, 3.63) is 19.1 Å². The molecular weight excluding hydrogens is 115 g/mol. The molecular formula is C9H15Li. The first-order valence-electron chi connectivity index (χ1n) is 3.70. The zero-order valence-electron chi connectivity index (χ0n) is 7.19. The SMILES string of the molecule is C=C(C)[C@@H]1CCC[C@H]1[CH2-].[Li+]. The summed E-state index contributed by atoms with van der Waals surface area (Å²) < 4.78 is 0. The minimum Gasteiger partial charge on any atom is -0.340 e. The van der Waals surface area contributed by atoms with Crippen LogP contribution in [-0.2, 0) is 0 Å². The van der Waals surface area contributed by atoms with Gasteiger partial charge in [0, 0.05) is 0 Å². The van der Waals surface area contributed by atoms with Crippen LogP contribution in [0.2, 0.25) is 0 Å². The van der Waals surface area contributed by atoms with Crippen LogP contribution in [0.4, 0.5) is 0 Å². The molecule has 52 valence electrons. The second-order valence-electron chi connectivity index (χ2n) is 3.14. The molecule has 0 aromatic rings. The second-order valence-corrected chi connectivity index (χ2v) is 3.14. The Balaban J connectivity index is 0.000000810. The number of allylic oxidation sites excluding steroid dienone is 1. The van der Waals surface area contributed by atoms with Crippen LogP contribution in [0.15, 0.2) is 12.2 Å². The van der Waals surface area contributed by atoms with Crippen molar-refractivity contribution < 1.29 is 18.9 Å². The van der Waals surface area contributed by atoms with Gasteiger partial charge >= 0.3 is 18.9 Å². The molecule has 0 aromatic heterocycles. The predicted octanol–water partition coefficient (Wildman–Crippen LogP) is -0.183. The first kappa shape index (κ1) is 10.3. The van der Waals surface area contributed by atoms with E-state index in [1.165, 1.54) is 24.8 Å². The zero-order valence-corrected chi connectivity index (χ0v) is 7.19. The van der Waals surface area contributed by atoms with Gasteiger partial charge < -0.3 is 6.92 Å². The molecule has 0 nitrogen and oxygen atoms in total. The second kappa shape index (κ2) is 4.26. The van der Waals surface area contributed by atoms with Crippen molar-refractivity contribution in [3.63, 3.8) is 0 Å². The van der Waals surface area contributed by atoms with E-state index in [0.717, 1.165) is 5.92 Å². The van der Waals surface area contributed by atoms with E-state index >= 15 is 0 Å². The number of hydrogen-bond donors (Lipinski definition) is 0. The monoisotopic (exact) mass is 130 g/mol. The van der Waals surface area contributed by atoms with Gasteiger partial charge in [-0.15, -0.1) is 0 Å². The van der Waals surface area contributed by atoms with Crippen LogP contribution in [0.25, 0.3) is 0 Å². The van der Waals surface area contributed by atoms with Gasteiger partial charge in [0.25, 0.3) is 0 Å². The molecule has 0 N–H and O–H groups in total. The van der Waals surface area contributed by atoms with E-state index in [9.17, 15) is 0 Å². The van der Waals surface area contributed by atoms with Crippen molar-refractivity contribution >= 4 is 0 Å². The third-order valence-corrected chi connectivity index (χ3v) is 2.29. The van der Waals surface area contributed by atoms with E-state index in [1.54, 1.807) is 0 Å². The van der Waals surface area contributed by atoms with Gasteiger partial charge in [-0.25, -0.2) is 0 Å². The Morgan fingerprint density at radius 1 is 1.50 bits per heavy atom. The Bertz CT molecular complexity index is 118. The molecule has 1 aliphatic rings. The van der Waals surface area contributed by atoms with Crippen LogP contribution in [0.1, 0.15) is 26.2 Å². The van der Waals surface area contributed by atoms with Gasteiger partial charge in [0.1, 0.15) is 0 Å². The quantitative estimate of drug-likeness (QED) is 0.262.